The molecule has 2 heterocycles. The van der Waals surface area contributed by atoms with E-state index in [2.05, 4.69) is 15.3 Å². The summed E-state index contributed by atoms with van der Waals surface area (Å²) >= 11 is 0. The molecule has 0 radical (unpaired) electrons. The van der Waals surface area contributed by atoms with Gasteiger partial charge >= 0.3 is 6.01 Å². The zero-order chi connectivity index (χ0) is 11.4. The first-order valence-electron chi connectivity index (χ1n) is 5.92. The highest BCUT2D eigenvalue weighted by Gasteiger charge is 2.13. The summed E-state index contributed by atoms with van der Waals surface area (Å²) in [6, 6.07) is 2.91. The van der Waals surface area contributed by atoms with E-state index in [4.69, 9.17) is 4.74 Å². The number of hydrogen-bond donors (Lipinski definition) is 1. The van der Waals surface area contributed by atoms with E-state index in [1.165, 1.54) is 19.3 Å². The van der Waals surface area contributed by atoms with E-state index in [0.29, 0.717) is 18.7 Å². The minimum Gasteiger partial charge on any atom is -0.462 e. The number of aryl methyl sites for hydroxylation is 2. The monoisotopic (exact) mass is 221 g/mol. The highest BCUT2D eigenvalue weighted by atomic mass is 16.5. The fraction of sp³-hybridized carbons (Fsp3) is 0.667. The van der Waals surface area contributed by atoms with Crippen molar-refractivity contribution in [3.63, 3.8) is 0 Å². The Morgan fingerprint density at radius 1 is 1.31 bits per heavy atom. The van der Waals surface area contributed by atoms with Crippen LogP contribution in [0.2, 0.25) is 0 Å². The summed E-state index contributed by atoms with van der Waals surface area (Å²) in [6.45, 7) is 5.69. The smallest absolute Gasteiger partial charge is 0.316 e. The molecule has 0 aromatic carbocycles. The summed E-state index contributed by atoms with van der Waals surface area (Å²) < 4.78 is 5.62. The molecule has 0 aliphatic carbocycles. The fourth-order valence-corrected chi connectivity index (χ4v) is 2.00. The quantitative estimate of drug-likeness (QED) is 0.842. The van der Waals surface area contributed by atoms with E-state index >= 15 is 0 Å². The second-order valence-electron chi connectivity index (χ2n) is 4.39. The van der Waals surface area contributed by atoms with E-state index < -0.39 is 0 Å². The Hall–Kier alpha value is -1.16. The maximum absolute atomic E-state index is 5.62. The Morgan fingerprint density at radius 3 is 2.69 bits per heavy atom. The highest BCUT2D eigenvalue weighted by molar-refractivity contribution is 5.11. The third kappa shape index (κ3) is 3.17. The summed E-state index contributed by atoms with van der Waals surface area (Å²) in [5.74, 6) is 0. The van der Waals surface area contributed by atoms with Gasteiger partial charge in [0.15, 0.2) is 0 Å². The normalized spacial score (nSPS) is 20.8. The predicted octanol–water partition coefficient (Wildman–Crippen LogP) is 1.61. The van der Waals surface area contributed by atoms with Crippen LogP contribution in [0.25, 0.3) is 0 Å². The maximum atomic E-state index is 5.62. The van der Waals surface area contributed by atoms with Crippen LogP contribution >= 0.6 is 0 Å². The Kier molecular flexibility index (Phi) is 3.72. The van der Waals surface area contributed by atoms with Crippen molar-refractivity contribution < 1.29 is 4.74 Å². The molecule has 1 unspecified atom stereocenters. The molecule has 0 spiro atoms. The van der Waals surface area contributed by atoms with E-state index in [-0.39, 0.29) is 0 Å². The van der Waals surface area contributed by atoms with Gasteiger partial charge in [-0.05, 0) is 39.3 Å². The molecule has 2 rings (SSSR count). The standard InChI is InChI=1S/C12H19N3O/c1-9-7-10(2)15-12(14-9)16-8-11-5-3-4-6-13-11/h7,11,13H,3-6,8H2,1-2H3. The minimum atomic E-state index is 0.457. The molecule has 1 N–H and O–H groups in total. The van der Waals surface area contributed by atoms with Crippen LogP contribution < -0.4 is 10.1 Å². The average molecular weight is 221 g/mol. The zero-order valence-corrected chi connectivity index (χ0v) is 9.99. The Labute approximate surface area is 96.4 Å². The molecule has 1 atom stereocenters. The summed E-state index contributed by atoms with van der Waals surface area (Å²) in [6.07, 6.45) is 3.75. The third-order valence-electron chi connectivity index (χ3n) is 2.79. The Bertz CT molecular complexity index is 328. The lowest BCUT2D eigenvalue weighted by Gasteiger charge is -2.22. The van der Waals surface area contributed by atoms with Crippen LogP contribution in [0.15, 0.2) is 6.07 Å². The number of ether oxygens (including phenoxy) is 1. The van der Waals surface area contributed by atoms with Gasteiger partial charge in [-0.2, -0.15) is 0 Å². The Morgan fingerprint density at radius 2 is 2.06 bits per heavy atom. The lowest BCUT2D eigenvalue weighted by atomic mass is 10.1. The highest BCUT2D eigenvalue weighted by Crippen LogP contribution is 2.10. The van der Waals surface area contributed by atoms with Crippen LogP contribution in [0.5, 0.6) is 6.01 Å². The average Bonchev–Trinajstić information content (AvgIpc) is 2.27. The topological polar surface area (TPSA) is 47.0 Å². The molecule has 1 saturated heterocycles. The third-order valence-corrected chi connectivity index (χ3v) is 2.79. The van der Waals surface area contributed by atoms with Crippen molar-refractivity contribution in [1.29, 1.82) is 0 Å². The Balaban J connectivity index is 1.88. The van der Waals surface area contributed by atoms with E-state index in [1.807, 2.05) is 19.9 Å². The van der Waals surface area contributed by atoms with Crippen molar-refractivity contribution in [3.05, 3.63) is 17.5 Å². The van der Waals surface area contributed by atoms with Crippen LogP contribution in [-0.4, -0.2) is 29.2 Å². The van der Waals surface area contributed by atoms with Crippen LogP contribution in [0.3, 0.4) is 0 Å². The maximum Gasteiger partial charge on any atom is 0.316 e. The molecular weight excluding hydrogens is 202 g/mol. The van der Waals surface area contributed by atoms with E-state index in [0.717, 1.165) is 17.9 Å². The van der Waals surface area contributed by atoms with Crippen molar-refractivity contribution in [2.24, 2.45) is 0 Å². The van der Waals surface area contributed by atoms with Gasteiger partial charge in [-0.25, -0.2) is 9.97 Å². The van der Waals surface area contributed by atoms with Crippen LogP contribution in [0.1, 0.15) is 30.7 Å². The second-order valence-corrected chi connectivity index (χ2v) is 4.39. The number of rotatable bonds is 3. The van der Waals surface area contributed by atoms with E-state index in [1.54, 1.807) is 0 Å². The molecule has 1 fully saturated rings. The molecule has 88 valence electrons. The van der Waals surface area contributed by atoms with Gasteiger partial charge < -0.3 is 10.1 Å². The molecule has 0 amide bonds. The summed E-state index contributed by atoms with van der Waals surface area (Å²) in [5, 5.41) is 3.44. The zero-order valence-electron chi connectivity index (χ0n) is 9.99. The van der Waals surface area contributed by atoms with Gasteiger partial charge in [0.2, 0.25) is 0 Å². The first-order valence-corrected chi connectivity index (χ1v) is 5.92. The predicted molar refractivity (Wildman–Crippen MR) is 62.6 cm³/mol. The molecule has 0 saturated carbocycles. The molecule has 1 aliphatic rings. The van der Waals surface area contributed by atoms with Crippen molar-refractivity contribution in [2.75, 3.05) is 13.2 Å². The van der Waals surface area contributed by atoms with Crippen molar-refractivity contribution in [1.82, 2.24) is 15.3 Å². The van der Waals surface area contributed by atoms with Crippen LogP contribution in [0.4, 0.5) is 0 Å². The van der Waals surface area contributed by atoms with Gasteiger partial charge in [0.25, 0.3) is 0 Å². The lowest BCUT2D eigenvalue weighted by Crippen LogP contribution is -2.38. The van der Waals surface area contributed by atoms with Gasteiger partial charge in [-0.15, -0.1) is 0 Å². The van der Waals surface area contributed by atoms with Crippen LogP contribution in [-0.2, 0) is 0 Å². The van der Waals surface area contributed by atoms with Crippen LogP contribution in [0, 0.1) is 13.8 Å². The summed E-state index contributed by atoms with van der Waals surface area (Å²) in [4.78, 5) is 8.51. The number of nitrogens with zero attached hydrogens (tertiary/aromatic N) is 2. The van der Waals surface area contributed by atoms with Gasteiger partial charge in [-0.3, -0.25) is 0 Å². The lowest BCUT2D eigenvalue weighted by molar-refractivity contribution is 0.223. The van der Waals surface area contributed by atoms with Crippen molar-refractivity contribution in [2.45, 2.75) is 39.2 Å². The van der Waals surface area contributed by atoms with Crippen molar-refractivity contribution >= 4 is 0 Å². The number of piperidine rings is 1. The van der Waals surface area contributed by atoms with Gasteiger partial charge in [0, 0.05) is 17.4 Å². The first-order chi connectivity index (χ1) is 7.74. The van der Waals surface area contributed by atoms with Gasteiger partial charge in [0.05, 0.1) is 0 Å². The van der Waals surface area contributed by atoms with E-state index in [9.17, 15) is 0 Å². The molecule has 1 aliphatic heterocycles. The minimum absolute atomic E-state index is 0.457. The number of nitrogens with one attached hydrogen (secondary N) is 1. The largest absolute Gasteiger partial charge is 0.462 e. The second kappa shape index (κ2) is 5.25. The molecule has 1 aromatic heterocycles. The van der Waals surface area contributed by atoms with Crippen molar-refractivity contribution in [3.8, 4) is 6.01 Å². The molecule has 1 aromatic rings. The molecule has 16 heavy (non-hydrogen) atoms. The molecular formula is C12H19N3O. The number of hydrogen-bond acceptors (Lipinski definition) is 4. The van der Waals surface area contributed by atoms with Gasteiger partial charge in [0.1, 0.15) is 6.61 Å². The first kappa shape index (κ1) is 11.3. The molecule has 4 nitrogen and oxygen atoms in total. The van der Waals surface area contributed by atoms with Gasteiger partial charge in [-0.1, -0.05) is 6.42 Å². The summed E-state index contributed by atoms with van der Waals surface area (Å²) in [7, 11) is 0. The summed E-state index contributed by atoms with van der Waals surface area (Å²) in [5.41, 5.74) is 1.92. The fourth-order valence-electron chi connectivity index (χ4n) is 2.00. The molecule has 0 bridgehead atoms. The molecule has 4 heteroatoms. The number of aromatic nitrogens is 2. The SMILES string of the molecule is Cc1cc(C)nc(OCC2CCCCN2)n1.